The van der Waals surface area contributed by atoms with E-state index in [1.807, 2.05) is 0 Å². The molecule has 5 nitrogen and oxygen atoms in total. The summed E-state index contributed by atoms with van der Waals surface area (Å²) < 4.78 is 0. The summed E-state index contributed by atoms with van der Waals surface area (Å²) in [7, 11) is 0. The van der Waals surface area contributed by atoms with E-state index in [9.17, 15) is 9.59 Å². The molecule has 20 heavy (non-hydrogen) atoms. The van der Waals surface area contributed by atoms with Crippen LogP contribution in [-0.2, 0) is 4.79 Å². The second-order valence-electron chi connectivity index (χ2n) is 5.07. The fraction of sp³-hybridized carbons (Fsp3) is 0.429. The Morgan fingerprint density at radius 1 is 1.30 bits per heavy atom. The number of rotatable bonds is 4. The number of amides is 2. The van der Waals surface area contributed by atoms with Crippen LogP contribution >= 0.6 is 11.6 Å². The molecule has 2 amide bonds. The Kier molecular flexibility index (Phi) is 4.49. The van der Waals surface area contributed by atoms with Crippen LogP contribution in [0.4, 0.5) is 5.69 Å². The predicted molar refractivity (Wildman–Crippen MR) is 78.4 cm³/mol. The number of hydrogen-bond acceptors (Lipinski definition) is 3. The number of nitrogens with two attached hydrogens (primary N) is 2. The molecule has 1 aliphatic rings. The zero-order chi connectivity index (χ0) is 14.7. The SMILES string of the molecule is NC(=O)CN(C(=O)c1cc(Cl)ccc1N)C1CCCC1. The summed E-state index contributed by atoms with van der Waals surface area (Å²) >= 11 is 5.91. The van der Waals surface area contributed by atoms with Crippen molar-refractivity contribution >= 4 is 29.1 Å². The molecule has 0 unspecified atom stereocenters. The molecule has 4 N–H and O–H groups in total. The molecule has 108 valence electrons. The van der Waals surface area contributed by atoms with Crippen LogP contribution in [0.3, 0.4) is 0 Å². The van der Waals surface area contributed by atoms with Gasteiger partial charge in [-0.05, 0) is 31.0 Å². The number of carbonyl (C=O) groups is 2. The first-order valence-corrected chi connectivity index (χ1v) is 7.01. The number of anilines is 1. The van der Waals surface area contributed by atoms with Crippen molar-refractivity contribution in [2.24, 2.45) is 5.73 Å². The third-order valence-electron chi connectivity index (χ3n) is 3.60. The normalized spacial score (nSPS) is 15.2. The van der Waals surface area contributed by atoms with Gasteiger partial charge < -0.3 is 16.4 Å². The van der Waals surface area contributed by atoms with Gasteiger partial charge >= 0.3 is 0 Å². The van der Waals surface area contributed by atoms with Crippen molar-refractivity contribution in [3.8, 4) is 0 Å². The van der Waals surface area contributed by atoms with Gasteiger partial charge in [0, 0.05) is 16.8 Å². The Bertz CT molecular complexity index is 527. The van der Waals surface area contributed by atoms with Crippen LogP contribution in [0.25, 0.3) is 0 Å². The van der Waals surface area contributed by atoms with E-state index in [0.717, 1.165) is 25.7 Å². The summed E-state index contributed by atoms with van der Waals surface area (Å²) in [6.07, 6.45) is 3.88. The summed E-state index contributed by atoms with van der Waals surface area (Å²) in [5, 5.41) is 0.438. The Morgan fingerprint density at radius 2 is 1.95 bits per heavy atom. The Hall–Kier alpha value is -1.75. The molecule has 1 aromatic rings. The highest BCUT2D eigenvalue weighted by atomic mass is 35.5. The number of hydrogen-bond donors (Lipinski definition) is 2. The van der Waals surface area contributed by atoms with Crippen LogP contribution in [0.1, 0.15) is 36.0 Å². The highest BCUT2D eigenvalue weighted by Crippen LogP contribution is 2.27. The maximum Gasteiger partial charge on any atom is 0.256 e. The second kappa shape index (κ2) is 6.13. The predicted octanol–water partition coefficient (Wildman–Crippen LogP) is 1.79. The van der Waals surface area contributed by atoms with Gasteiger partial charge in [0.15, 0.2) is 0 Å². The van der Waals surface area contributed by atoms with Gasteiger partial charge in [0.1, 0.15) is 0 Å². The monoisotopic (exact) mass is 295 g/mol. The highest BCUT2D eigenvalue weighted by Gasteiger charge is 2.29. The summed E-state index contributed by atoms with van der Waals surface area (Å²) in [5.41, 5.74) is 11.8. The van der Waals surface area contributed by atoms with Crippen molar-refractivity contribution in [1.29, 1.82) is 0 Å². The molecule has 1 fully saturated rings. The van der Waals surface area contributed by atoms with Crippen LogP contribution in [0.2, 0.25) is 5.02 Å². The zero-order valence-electron chi connectivity index (χ0n) is 11.1. The molecule has 6 heteroatoms. The Balaban J connectivity index is 2.29. The van der Waals surface area contributed by atoms with Crippen molar-refractivity contribution in [3.63, 3.8) is 0 Å². The average Bonchev–Trinajstić information content (AvgIpc) is 2.91. The molecule has 2 rings (SSSR count). The van der Waals surface area contributed by atoms with Gasteiger partial charge in [-0.2, -0.15) is 0 Å². The maximum atomic E-state index is 12.6. The van der Waals surface area contributed by atoms with E-state index in [-0.39, 0.29) is 18.5 Å². The van der Waals surface area contributed by atoms with E-state index >= 15 is 0 Å². The number of nitrogens with zero attached hydrogens (tertiary/aromatic N) is 1. The van der Waals surface area contributed by atoms with Gasteiger partial charge in [-0.3, -0.25) is 9.59 Å². The average molecular weight is 296 g/mol. The molecular formula is C14H18ClN3O2. The molecule has 0 aromatic heterocycles. The Labute approximate surface area is 122 Å². The molecule has 0 spiro atoms. The quantitative estimate of drug-likeness (QED) is 0.830. The molecule has 1 saturated carbocycles. The minimum atomic E-state index is -0.522. The molecule has 0 bridgehead atoms. The molecule has 0 saturated heterocycles. The summed E-state index contributed by atoms with van der Waals surface area (Å²) in [6.45, 7) is -0.0878. The van der Waals surface area contributed by atoms with E-state index in [2.05, 4.69) is 0 Å². The lowest BCUT2D eigenvalue weighted by Crippen LogP contribution is -2.44. The van der Waals surface area contributed by atoms with Crippen molar-refractivity contribution in [2.75, 3.05) is 12.3 Å². The first-order chi connectivity index (χ1) is 9.49. The number of nitrogen functional groups attached to an aromatic ring is 1. The first kappa shape index (κ1) is 14.7. The van der Waals surface area contributed by atoms with E-state index in [1.165, 1.54) is 11.0 Å². The fourth-order valence-corrected chi connectivity index (χ4v) is 2.79. The number of carbonyl (C=O) groups excluding carboxylic acids is 2. The largest absolute Gasteiger partial charge is 0.398 e. The molecule has 1 aromatic carbocycles. The van der Waals surface area contributed by atoms with Crippen LogP contribution in [0.5, 0.6) is 0 Å². The smallest absolute Gasteiger partial charge is 0.256 e. The first-order valence-electron chi connectivity index (χ1n) is 6.63. The van der Waals surface area contributed by atoms with Gasteiger partial charge in [-0.15, -0.1) is 0 Å². The van der Waals surface area contributed by atoms with E-state index < -0.39 is 5.91 Å². The van der Waals surface area contributed by atoms with Crippen molar-refractivity contribution in [2.45, 2.75) is 31.7 Å². The minimum absolute atomic E-state index is 0.0494. The summed E-state index contributed by atoms with van der Waals surface area (Å²) in [5.74, 6) is -0.804. The number of benzene rings is 1. The summed E-state index contributed by atoms with van der Waals surface area (Å²) in [6, 6.07) is 4.80. The number of primary amides is 1. The maximum absolute atomic E-state index is 12.6. The molecule has 0 radical (unpaired) electrons. The van der Waals surface area contributed by atoms with E-state index in [4.69, 9.17) is 23.1 Å². The lowest BCUT2D eigenvalue weighted by atomic mass is 10.1. The molecule has 0 heterocycles. The molecule has 0 atom stereocenters. The van der Waals surface area contributed by atoms with Gasteiger partial charge in [0.25, 0.3) is 5.91 Å². The van der Waals surface area contributed by atoms with Crippen LogP contribution in [0.15, 0.2) is 18.2 Å². The number of halogens is 1. The second-order valence-corrected chi connectivity index (χ2v) is 5.51. The third kappa shape index (κ3) is 3.22. The standard InChI is InChI=1S/C14H18ClN3O2/c15-9-5-6-12(16)11(7-9)14(20)18(8-13(17)19)10-3-1-2-4-10/h5-7,10H,1-4,8,16H2,(H2,17,19). The third-order valence-corrected chi connectivity index (χ3v) is 3.83. The Morgan fingerprint density at radius 3 is 2.55 bits per heavy atom. The fourth-order valence-electron chi connectivity index (χ4n) is 2.62. The van der Waals surface area contributed by atoms with Crippen LogP contribution in [-0.4, -0.2) is 29.3 Å². The topological polar surface area (TPSA) is 89.4 Å². The van der Waals surface area contributed by atoms with Gasteiger partial charge in [-0.25, -0.2) is 0 Å². The van der Waals surface area contributed by atoms with Gasteiger partial charge in [-0.1, -0.05) is 24.4 Å². The van der Waals surface area contributed by atoms with Gasteiger partial charge in [0.2, 0.25) is 5.91 Å². The van der Waals surface area contributed by atoms with Crippen molar-refractivity contribution < 1.29 is 9.59 Å². The lowest BCUT2D eigenvalue weighted by molar-refractivity contribution is -0.119. The van der Waals surface area contributed by atoms with Crippen LogP contribution < -0.4 is 11.5 Å². The molecule has 0 aliphatic heterocycles. The molecular weight excluding hydrogens is 278 g/mol. The van der Waals surface area contributed by atoms with Crippen molar-refractivity contribution in [3.05, 3.63) is 28.8 Å². The lowest BCUT2D eigenvalue weighted by Gasteiger charge is -2.28. The zero-order valence-corrected chi connectivity index (χ0v) is 11.9. The summed E-state index contributed by atoms with van der Waals surface area (Å²) in [4.78, 5) is 25.4. The molecule has 1 aliphatic carbocycles. The van der Waals surface area contributed by atoms with Crippen LogP contribution in [0, 0.1) is 0 Å². The van der Waals surface area contributed by atoms with Gasteiger partial charge in [0.05, 0.1) is 12.1 Å². The van der Waals surface area contributed by atoms with Crippen molar-refractivity contribution in [1.82, 2.24) is 4.90 Å². The van der Waals surface area contributed by atoms with E-state index in [0.29, 0.717) is 16.3 Å². The minimum Gasteiger partial charge on any atom is -0.398 e. The van der Waals surface area contributed by atoms with E-state index in [1.54, 1.807) is 12.1 Å². The highest BCUT2D eigenvalue weighted by molar-refractivity contribution is 6.31.